The number of carbonyl (C=O) groups is 1. The lowest BCUT2D eigenvalue weighted by Gasteiger charge is -2.12. The van der Waals surface area contributed by atoms with Gasteiger partial charge in [0.05, 0.1) is 24.1 Å². The molecule has 5 rings (SSSR count). The van der Waals surface area contributed by atoms with Crippen molar-refractivity contribution >= 4 is 28.5 Å². The zero-order valence-corrected chi connectivity index (χ0v) is 26.6. The Balaban J connectivity index is 1.03. The Morgan fingerprint density at radius 1 is 0.818 bits per heavy atom. The molecule has 1 amide bonds. The van der Waals surface area contributed by atoms with Crippen LogP contribution in [0.15, 0.2) is 91.0 Å². The lowest BCUT2D eigenvalue weighted by molar-refractivity contribution is -0.120. The molecule has 5 nitrogen and oxygen atoms in total. The number of carbonyl (C=O) groups excluding carboxylic acids is 1. The van der Waals surface area contributed by atoms with Gasteiger partial charge in [-0.15, -0.1) is 0 Å². The Bertz CT molecular complexity index is 1640. The van der Waals surface area contributed by atoms with Crippen molar-refractivity contribution in [2.75, 3.05) is 13.2 Å². The van der Waals surface area contributed by atoms with Gasteiger partial charge in [0.25, 0.3) is 0 Å². The molecule has 0 unspecified atom stereocenters. The summed E-state index contributed by atoms with van der Waals surface area (Å²) in [6, 6.07) is 30.9. The number of halogens is 1. The first-order chi connectivity index (χ1) is 21.5. The van der Waals surface area contributed by atoms with Crippen molar-refractivity contribution in [1.29, 1.82) is 0 Å². The van der Waals surface area contributed by atoms with Crippen molar-refractivity contribution < 1.29 is 9.53 Å². The predicted molar refractivity (Wildman–Crippen MR) is 182 cm³/mol. The Morgan fingerprint density at radius 3 is 2.30 bits per heavy atom. The summed E-state index contributed by atoms with van der Waals surface area (Å²) in [5, 5.41) is 3.90. The van der Waals surface area contributed by atoms with Crippen LogP contribution >= 0.6 is 11.6 Å². The molecule has 0 aliphatic heterocycles. The number of hydrogen-bond donors (Lipinski definition) is 1. The van der Waals surface area contributed by atoms with Gasteiger partial charge in [-0.3, -0.25) is 4.79 Å². The van der Waals surface area contributed by atoms with Gasteiger partial charge in [-0.2, -0.15) is 0 Å². The molecule has 0 aliphatic carbocycles. The average Bonchev–Trinajstić information content (AvgIpc) is 3.39. The number of ether oxygens (including phenoxy) is 1. The summed E-state index contributed by atoms with van der Waals surface area (Å²) >= 11 is 6.29. The van der Waals surface area contributed by atoms with Gasteiger partial charge in [-0.1, -0.05) is 84.8 Å². The Hall–Kier alpha value is -4.09. The molecule has 0 radical (unpaired) electrons. The van der Waals surface area contributed by atoms with E-state index in [1.54, 1.807) is 0 Å². The van der Waals surface area contributed by atoms with E-state index in [-0.39, 0.29) is 5.91 Å². The van der Waals surface area contributed by atoms with Gasteiger partial charge in [-0.05, 0) is 91.6 Å². The standard InChI is InChI=1S/C38H42ClN3O2/c1-28-25-33(26-29(2)38(28)39)44-24-12-11-23-42-35-16-9-8-15-34(35)41-36(42)17-7-4-10-22-40-37(43)27-30-18-20-32(21-19-30)31-13-5-3-6-14-31/h3,5-6,8-9,13-16,18-21,25-26H,4,7,10-12,17,22-24,27H2,1-2H3,(H,40,43). The second-order valence-corrected chi connectivity index (χ2v) is 11.9. The van der Waals surface area contributed by atoms with E-state index < -0.39 is 0 Å². The summed E-state index contributed by atoms with van der Waals surface area (Å²) in [6.07, 6.45) is 6.35. The fourth-order valence-corrected chi connectivity index (χ4v) is 5.73. The van der Waals surface area contributed by atoms with Gasteiger partial charge in [0.1, 0.15) is 11.6 Å². The van der Waals surface area contributed by atoms with Crippen molar-refractivity contribution in [3.05, 3.63) is 119 Å². The summed E-state index contributed by atoms with van der Waals surface area (Å²) in [6.45, 7) is 6.31. The normalized spacial score (nSPS) is 11.2. The first-order valence-corrected chi connectivity index (χ1v) is 16.1. The summed E-state index contributed by atoms with van der Waals surface area (Å²) in [5.41, 5.74) is 7.71. The van der Waals surface area contributed by atoms with E-state index in [0.29, 0.717) is 19.6 Å². The third kappa shape index (κ3) is 8.51. The molecular formula is C38H42ClN3O2. The summed E-state index contributed by atoms with van der Waals surface area (Å²) in [4.78, 5) is 17.5. The van der Waals surface area contributed by atoms with E-state index >= 15 is 0 Å². The Morgan fingerprint density at radius 2 is 1.52 bits per heavy atom. The third-order valence-corrected chi connectivity index (χ3v) is 8.61. The maximum Gasteiger partial charge on any atom is 0.224 e. The summed E-state index contributed by atoms with van der Waals surface area (Å²) in [7, 11) is 0. The third-order valence-electron chi connectivity index (χ3n) is 8.01. The minimum absolute atomic E-state index is 0.0737. The number of hydrogen-bond acceptors (Lipinski definition) is 3. The maximum atomic E-state index is 12.5. The smallest absolute Gasteiger partial charge is 0.224 e. The van der Waals surface area contributed by atoms with Crippen molar-refractivity contribution in [2.45, 2.75) is 65.3 Å². The van der Waals surface area contributed by atoms with E-state index in [1.165, 1.54) is 11.1 Å². The zero-order valence-electron chi connectivity index (χ0n) is 25.8. The maximum absolute atomic E-state index is 12.5. The zero-order chi connectivity index (χ0) is 30.7. The van der Waals surface area contributed by atoms with Gasteiger partial charge in [0.2, 0.25) is 5.91 Å². The first-order valence-electron chi connectivity index (χ1n) is 15.7. The monoisotopic (exact) mass is 607 g/mol. The quantitative estimate of drug-likeness (QED) is 0.121. The van der Waals surface area contributed by atoms with Crippen LogP contribution in [0.1, 0.15) is 54.6 Å². The van der Waals surface area contributed by atoms with E-state index in [1.807, 2.05) is 62.4 Å². The second-order valence-electron chi connectivity index (χ2n) is 11.5. The van der Waals surface area contributed by atoms with Gasteiger partial charge in [-0.25, -0.2) is 4.98 Å². The van der Waals surface area contributed by atoms with Crippen LogP contribution in [0.4, 0.5) is 0 Å². The van der Waals surface area contributed by atoms with Gasteiger partial charge in [0, 0.05) is 24.5 Å². The molecule has 0 spiro atoms. The van der Waals surface area contributed by atoms with Crippen LogP contribution in [0, 0.1) is 13.8 Å². The molecule has 5 aromatic rings. The van der Waals surface area contributed by atoms with Crippen LogP contribution in [0.2, 0.25) is 5.02 Å². The van der Waals surface area contributed by atoms with Crippen LogP contribution < -0.4 is 10.1 Å². The number of benzene rings is 4. The van der Waals surface area contributed by atoms with Crippen LogP contribution in [-0.4, -0.2) is 28.6 Å². The number of aromatic nitrogens is 2. The van der Waals surface area contributed by atoms with E-state index in [4.69, 9.17) is 21.3 Å². The fraction of sp³-hybridized carbons (Fsp3) is 0.316. The molecular weight excluding hydrogens is 566 g/mol. The van der Waals surface area contributed by atoms with Crippen molar-refractivity contribution in [1.82, 2.24) is 14.9 Å². The molecule has 0 atom stereocenters. The molecule has 1 N–H and O–H groups in total. The first kappa shape index (κ1) is 31.3. The number of para-hydroxylation sites is 2. The van der Waals surface area contributed by atoms with E-state index in [9.17, 15) is 4.79 Å². The highest BCUT2D eigenvalue weighted by Crippen LogP contribution is 2.26. The Labute approximate surface area is 266 Å². The van der Waals surface area contributed by atoms with Crippen molar-refractivity contribution in [3.63, 3.8) is 0 Å². The minimum Gasteiger partial charge on any atom is -0.494 e. The molecule has 0 bridgehead atoms. The molecule has 228 valence electrons. The van der Waals surface area contributed by atoms with E-state index in [0.717, 1.165) is 89.4 Å². The predicted octanol–water partition coefficient (Wildman–Crippen LogP) is 8.90. The summed E-state index contributed by atoms with van der Waals surface area (Å²) < 4.78 is 8.39. The number of imidazole rings is 1. The lowest BCUT2D eigenvalue weighted by Crippen LogP contribution is -2.26. The van der Waals surface area contributed by atoms with Gasteiger partial charge < -0.3 is 14.6 Å². The molecule has 0 saturated heterocycles. The second kappa shape index (κ2) is 15.6. The summed E-state index contributed by atoms with van der Waals surface area (Å²) in [5.74, 6) is 2.09. The largest absolute Gasteiger partial charge is 0.494 e. The van der Waals surface area contributed by atoms with Crippen molar-refractivity contribution in [2.24, 2.45) is 0 Å². The molecule has 0 fully saturated rings. The molecule has 44 heavy (non-hydrogen) atoms. The number of aryl methyl sites for hydroxylation is 4. The van der Waals surface area contributed by atoms with Crippen molar-refractivity contribution in [3.8, 4) is 16.9 Å². The van der Waals surface area contributed by atoms with Crippen LogP contribution in [0.5, 0.6) is 5.75 Å². The number of nitrogens with one attached hydrogen (secondary N) is 1. The number of rotatable bonds is 15. The van der Waals surface area contributed by atoms with E-state index in [2.05, 4.69) is 52.3 Å². The highest BCUT2D eigenvalue weighted by Gasteiger charge is 2.11. The molecule has 6 heteroatoms. The lowest BCUT2D eigenvalue weighted by atomic mass is 10.0. The molecule has 4 aromatic carbocycles. The van der Waals surface area contributed by atoms with Crippen LogP contribution in [0.25, 0.3) is 22.2 Å². The van der Waals surface area contributed by atoms with Gasteiger partial charge in [0.15, 0.2) is 0 Å². The average molecular weight is 608 g/mol. The van der Waals surface area contributed by atoms with Crippen LogP contribution in [0.3, 0.4) is 0 Å². The molecule has 1 aromatic heterocycles. The highest BCUT2D eigenvalue weighted by molar-refractivity contribution is 6.32. The fourth-order valence-electron chi connectivity index (χ4n) is 5.62. The number of unbranched alkanes of at least 4 members (excludes halogenated alkanes) is 3. The van der Waals surface area contributed by atoms with Crippen LogP contribution in [-0.2, 0) is 24.2 Å². The topological polar surface area (TPSA) is 56.1 Å². The Kier molecular flexibility index (Phi) is 11.1. The van der Waals surface area contributed by atoms with Gasteiger partial charge >= 0.3 is 0 Å². The SMILES string of the molecule is Cc1cc(OCCCCn2c(CCCCCNC(=O)Cc3ccc(-c4ccccc4)cc3)nc3ccccc32)cc(C)c1Cl. The molecule has 0 aliphatic rings. The molecule has 1 heterocycles. The number of amides is 1. The minimum atomic E-state index is 0.0737. The highest BCUT2D eigenvalue weighted by atomic mass is 35.5. The number of fused-ring (bicyclic) bond motifs is 1. The molecule has 0 saturated carbocycles. The number of nitrogens with zero attached hydrogens (tertiary/aromatic N) is 2.